The van der Waals surface area contributed by atoms with Crippen molar-refractivity contribution in [1.82, 2.24) is 10.0 Å². The van der Waals surface area contributed by atoms with Gasteiger partial charge in [-0.25, -0.2) is 14.0 Å². The van der Waals surface area contributed by atoms with E-state index in [2.05, 4.69) is 48.4 Å². The molecule has 200 valence electrons. The summed E-state index contributed by atoms with van der Waals surface area (Å²) in [4.78, 5) is 28.9. The molecule has 2 saturated heterocycles. The number of carbonyl (C=O) groups is 2. The molecule has 39 heavy (non-hydrogen) atoms. The summed E-state index contributed by atoms with van der Waals surface area (Å²) in [5, 5.41) is 3.15. The maximum atomic E-state index is 12.5. The molecule has 0 radical (unpaired) electrons. The number of hydrogen-bond donors (Lipinski definition) is 2. The summed E-state index contributed by atoms with van der Waals surface area (Å²) in [5.74, 6) is 0.387. The van der Waals surface area contributed by atoms with Gasteiger partial charge in [0.05, 0.1) is 16.3 Å². The van der Waals surface area contributed by atoms with Gasteiger partial charge in [0.25, 0.3) is 11.8 Å². The van der Waals surface area contributed by atoms with Crippen LogP contribution >= 0.6 is 11.8 Å². The molecule has 3 aromatic carbocycles. The molecule has 2 aliphatic rings. The number of carbonyl (C=O) groups excluding carboxylic acids is 2. The van der Waals surface area contributed by atoms with Gasteiger partial charge in [-0.05, 0) is 76.8 Å². The van der Waals surface area contributed by atoms with Crippen molar-refractivity contribution in [3.8, 4) is 5.75 Å². The first-order chi connectivity index (χ1) is 18.7. The highest BCUT2D eigenvalue weighted by Gasteiger charge is 2.33. The lowest BCUT2D eigenvalue weighted by molar-refractivity contribution is -0.117. The Morgan fingerprint density at radius 1 is 1.00 bits per heavy atom. The Hall–Kier alpha value is -4.09. The van der Waals surface area contributed by atoms with Crippen molar-refractivity contribution in [2.45, 2.75) is 26.4 Å². The van der Waals surface area contributed by atoms with Gasteiger partial charge in [0.1, 0.15) is 18.9 Å². The van der Waals surface area contributed by atoms with Crippen LogP contribution in [0.25, 0.3) is 6.08 Å². The number of nitrogens with one attached hydrogen (secondary N) is 2. The highest BCUT2D eigenvalue weighted by atomic mass is 32.2. The minimum absolute atomic E-state index is 0.256. The average Bonchev–Trinajstić information content (AvgIpc) is 3.39. The van der Waals surface area contributed by atoms with E-state index in [-0.39, 0.29) is 12.5 Å². The molecule has 2 amide bonds. The minimum atomic E-state index is -3.87. The topological polar surface area (TPSA) is 117 Å². The first-order valence-electron chi connectivity index (χ1n) is 12.2. The van der Waals surface area contributed by atoms with Crippen LogP contribution in [0.1, 0.15) is 36.5 Å². The Morgan fingerprint density at radius 3 is 2.31 bits per heavy atom. The first kappa shape index (κ1) is 26.5. The summed E-state index contributed by atoms with van der Waals surface area (Å²) in [5.41, 5.74) is 4.11. The molecule has 2 heterocycles. The van der Waals surface area contributed by atoms with Gasteiger partial charge in [0.15, 0.2) is 5.17 Å². The molecule has 0 unspecified atom stereocenters. The number of hydrogen-bond acceptors (Lipinski definition) is 7. The zero-order chi connectivity index (χ0) is 27.6. The van der Waals surface area contributed by atoms with Crippen molar-refractivity contribution in [2.24, 2.45) is 4.99 Å². The van der Waals surface area contributed by atoms with Gasteiger partial charge in [-0.3, -0.25) is 9.59 Å². The predicted octanol–water partition coefficient (Wildman–Crippen LogP) is 4.46. The number of amides is 2. The number of benzene rings is 3. The van der Waals surface area contributed by atoms with Crippen LogP contribution in [-0.4, -0.2) is 31.9 Å². The molecule has 0 aliphatic carbocycles. The molecule has 0 spiro atoms. The van der Waals surface area contributed by atoms with Gasteiger partial charge in [0.2, 0.25) is 0 Å². The molecule has 0 atom stereocenters. The lowest BCUT2D eigenvalue weighted by Crippen LogP contribution is -2.29. The number of thioether (sulfide) groups is 1. The number of anilines is 1. The van der Waals surface area contributed by atoms with Crippen molar-refractivity contribution in [1.29, 1.82) is 0 Å². The summed E-state index contributed by atoms with van der Waals surface area (Å²) in [7, 11) is -3.87. The number of amidine groups is 1. The van der Waals surface area contributed by atoms with E-state index >= 15 is 0 Å². The lowest BCUT2D eigenvalue weighted by Gasteiger charge is -2.14. The molecule has 3 aromatic rings. The second kappa shape index (κ2) is 11.0. The Morgan fingerprint density at radius 2 is 1.69 bits per heavy atom. The highest BCUT2D eigenvalue weighted by molar-refractivity contribution is 8.18. The van der Waals surface area contributed by atoms with Gasteiger partial charge in [-0.2, -0.15) is 8.42 Å². The van der Waals surface area contributed by atoms with Crippen molar-refractivity contribution in [2.75, 3.05) is 10.8 Å². The molecular formula is C28H26N4O5S2. The Balaban J connectivity index is 1.20. The van der Waals surface area contributed by atoms with Crippen LogP contribution in [-0.2, 0) is 26.4 Å². The highest BCUT2D eigenvalue weighted by Crippen LogP contribution is 2.30. The molecule has 5 rings (SSSR count). The third kappa shape index (κ3) is 6.32. The summed E-state index contributed by atoms with van der Waals surface area (Å²) in [6, 6.07) is 22.3. The number of aliphatic imine (C=N–C) groups is 1. The van der Waals surface area contributed by atoms with Gasteiger partial charge in [-0.15, -0.1) is 0 Å². The average molecular weight is 563 g/mol. The van der Waals surface area contributed by atoms with E-state index in [1.807, 2.05) is 29.0 Å². The van der Waals surface area contributed by atoms with E-state index in [4.69, 9.17) is 4.74 Å². The fraction of sp³-hybridized carbons (Fsp3) is 0.179. The Bertz CT molecular complexity index is 1560. The second-order valence-electron chi connectivity index (χ2n) is 9.29. The smallest absolute Gasteiger partial charge is 0.326 e. The third-order valence-electron chi connectivity index (χ3n) is 6.07. The molecule has 2 N–H and O–H groups in total. The van der Waals surface area contributed by atoms with Crippen LogP contribution in [0.3, 0.4) is 0 Å². The summed E-state index contributed by atoms with van der Waals surface area (Å²) < 4.78 is 32.8. The fourth-order valence-corrected chi connectivity index (χ4v) is 5.94. The second-order valence-corrected chi connectivity index (χ2v) is 11.9. The number of nitrogens with zero attached hydrogens (tertiary/aromatic N) is 2. The molecular weight excluding hydrogens is 536 g/mol. The van der Waals surface area contributed by atoms with Gasteiger partial charge < -0.3 is 10.1 Å². The maximum Gasteiger partial charge on any atom is 0.326 e. The lowest BCUT2D eigenvalue weighted by atomic mass is 10.0. The van der Waals surface area contributed by atoms with Crippen LogP contribution < -0.4 is 19.1 Å². The first-order valence-corrected chi connectivity index (χ1v) is 14.5. The normalized spacial score (nSPS) is 18.6. The summed E-state index contributed by atoms with van der Waals surface area (Å²) >= 11 is 1.21. The van der Waals surface area contributed by atoms with E-state index in [0.717, 1.165) is 21.2 Å². The molecule has 0 saturated carbocycles. The molecule has 11 heteroatoms. The summed E-state index contributed by atoms with van der Waals surface area (Å²) in [6.07, 6.45) is 1.78. The van der Waals surface area contributed by atoms with Gasteiger partial charge in [-0.1, -0.05) is 50.2 Å². The zero-order valence-electron chi connectivity index (χ0n) is 21.2. The van der Waals surface area contributed by atoms with Crippen molar-refractivity contribution in [3.63, 3.8) is 0 Å². The van der Waals surface area contributed by atoms with Crippen LogP contribution in [0, 0.1) is 0 Å². The van der Waals surface area contributed by atoms with Gasteiger partial charge in [0, 0.05) is 0 Å². The SMILES string of the molecule is CC(C)c1ccc(COc2ccc(/C=C3/SC(=Nc4ccc(N5CC(=O)NS5(=O)=O)cc4)NC3=O)cc2)cc1. The third-order valence-corrected chi connectivity index (χ3v) is 8.38. The Kier molecular flexibility index (Phi) is 7.45. The quantitative estimate of drug-likeness (QED) is 0.411. The van der Waals surface area contributed by atoms with E-state index in [0.29, 0.717) is 34.0 Å². The van der Waals surface area contributed by atoms with E-state index < -0.39 is 16.1 Å². The number of rotatable bonds is 7. The zero-order valence-corrected chi connectivity index (χ0v) is 22.9. The van der Waals surface area contributed by atoms with Crippen molar-refractivity contribution in [3.05, 3.63) is 94.4 Å². The monoisotopic (exact) mass is 562 g/mol. The minimum Gasteiger partial charge on any atom is -0.489 e. The summed E-state index contributed by atoms with van der Waals surface area (Å²) in [6.45, 7) is 4.54. The Labute approximate surface area is 231 Å². The molecule has 0 aromatic heterocycles. The molecule has 9 nitrogen and oxygen atoms in total. The predicted molar refractivity (Wildman–Crippen MR) is 153 cm³/mol. The van der Waals surface area contributed by atoms with Crippen LogP contribution in [0.2, 0.25) is 0 Å². The number of ether oxygens (including phenoxy) is 1. The molecule has 0 bridgehead atoms. The largest absolute Gasteiger partial charge is 0.489 e. The van der Waals surface area contributed by atoms with E-state index in [9.17, 15) is 18.0 Å². The molecule has 2 aliphatic heterocycles. The standard InChI is InChI=1S/C28H26N4O5S2/c1-18(2)21-7-3-20(4-8-21)17-37-24-13-5-19(6-14-24)15-25-27(34)30-28(38-25)29-22-9-11-23(12-10-22)32-16-26(33)31-39(32,35)36/h3-15,18H,16-17H2,1-2H3,(H,31,33)(H,29,30,34)/b25-15+. The molecule has 2 fully saturated rings. The van der Waals surface area contributed by atoms with Crippen molar-refractivity contribution >= 4 is 56.4 Å². The van der Waals surface area contributed by atoms with Crippen LogP contribution in [0.15, 0.2) is 82.7 Å². The van der Waals surface area contributed by atoms with Gasteiger partial charge >= 0.3 is 10.2 Å². The van der Waals surface area contributed by atoms with Crippen LogP contribution in [0.5, 0.6) is 5.75 Å². The maximum absolute atomic E-state index is 12.5. The fourth-order valence-electron chi connectivity index (χ4n) is 3.94. The van der Waals surface area contributed by atoms with Crippen molar-refractivity contribution < 1.29 is 22.7 Å². The van der Waals surface area contributed by atoms with Crippen LogP contribution in [0.4, 0.5) is 11.4 Å². The van der Waals surface area contributed by atoms with E-state index in [1.165, 1.54) is 17.3 Å². The van der Waals surface area contributed by atoms with E-state index in [1.54, 1.807) is 30.3 Å².